The van der Waals surface area contributed by atoms with Crippen molar-refractivity contribution in [1.82, 2.24) is 14.8 Å². The maximum absolute atomic E-state index is 12.5. The van der Waals surface area contributed by atoms with Gasteiger partial charge in [-0.3, -0.25) is 9.36 Å². The minimum absolute atomic E-state index is 0.156. The fraction of sp³-hybridized carbons (Fsp3) is 0.261. The third kappa shape index (κ3) is 5.85. The average Bonchev–Trinajstić information content (AvgIpc) is 3.15. The summed E-state index contributed by atoms with van der Waals surface area (Å²) in [5, 5.41) is 13.3. The number of benzene rings is 2. The van der Waals surface area contributed by atoms with Gasteiger partial charge in [-0.1, -0.05) is 47.1 Å². The summed E-state index contributed by atoms with van der Waals surface area (Å²) in [6, 6.07) is 10.9. The number of anilines is 1. The lowest BCUT2D eigenvalue weighted by Crippen LogP contribution is -2.16. The first-order valence-electron chi connectivity index (χ1n) is 9.94. The Bertz CT molecular complexity index is 1130. The van der Waals surface area contributed by atoms with Crippen LogP contribution in [-0.4, -0.2) is 26.4 Å². The summed E-state index contributed by atoms with van der Waals surface area (Å²) < 4.78 is 7.99. The van der Waals surface area contributed by atoms with Gasteiger partial charge in [0, 0.05) is 22.3 Å². The van der Waals surface area contributed by atoms with E-state index in [1.54, 1.807) is 24.3 Å². The quantitative estimate of drug-likeness (QED) is 0.283. The number of aromatic nitrogens is 3. The Morgan fingerprint density at radius 2 is 2.06 bits per heavy atom. The fourth-order valence-corrected chi connectivity index (χ4v) is 4.21. The van der Waals surface area contributed by atoms with Crippen molar-refractivity contribution in [3.05, 3.63) is 76.0 Å². The van der Waals surface area contributed by atoms with Crippen LogP contribution in [0, 0.1) is 13.8 Å². The molecule has 9 heteroatoms. The van der Waals surface area contributed by atoms with Crippen molar-refractivity contribution in [3.8, 4) is 5.75 Å². The van der Waals surface area contributed by atoms with Crippen molar-refractivity contribution in [2.75, 3.05) is 11.1 Å². The van der Waals surface area contributed by atoms with E-state index in [1.165, 1.54) is 11.8 Å². The fourth-order valence-electron chi connectivity index (χ4n) is 3.06. The van der Waals surface area contributed by atoms with E-state index in [0.717, 1.165) is 16.9 Å². The van der Waals surface area contributed by atoms with Crippen LogP contribution in [0.4, 0.5) is 5.69 Å². The van der Waals surface area contributed by atoms with Gasteiger partial charge in [-0.15, -0.1) is 16.8 Å². The molecule has 0 spiro atoms. The summed E-state index contributed by atoms with van der Waals surface area (Å²) in [6.07, 6.45) is 1.40. The van der Waals surface area contributed by atoms with Gasteiger partial charge in [0.15, 0.2) is 17.1 Å². The molecule has 6 nitrogen and oxygen atoms in total. The number of allylic oxidation sites excluding steroid dienone is 1. The van der Waals surface area contributed by atoms with E-state index in [4.69, 9.17) is 27.9 Å². The van der Waals surface area contributed by atoms with Crippen molar-refractivity contribution < 1.29 is 9.53 Å². The molecule has 3 rings (SSSR count). The molecule has 1 amide bonds. The zero-order valence-corrected chi connectivity index (χ0v) is 20.4. The van der Waals surface area contributed by atoms with Gasteiger partial charge in [0.25, 0.3) is 0 Å². The number of nitrogens with one attached hydrogen (secondary N) is 1. The molecule has 0 aliphatic carbocycles. The Balaban J connectivity index is 1.70. The predicted octanol–water partition coefficient (Wildman–Crippen LogP) is 6.26. The zero-order chi connectivity index (χ0) is 23.3. The number of rotatable bonds is 9. The number of hydrogen-bond donors (Lipinski definition) is 1. The number of halogens is 2. The summed E-state index contributed by atoms with van der Waals surface area (Å²) in [5.74, 6) is 1.39. The van der Waals surface area contributed by atoms with Crippen molar-refractivity contribution in [3.63, 3.8) is 0 Å². The van der Waals surface area contributed by atoms with Crippen LogP contribution in [-0.2, 0) is 11.3 Å². The van der Waals surface area contributed by atoms with Gasteiger partial charge < -0.3 is 10.1 Å². The summed E-state index contributed by atoms with van der Waals surface area (Å²) >= 11 is 13.5. The molecule has 0 saturated carbocycles. The van der Waals surface area contributed by atoms with Gasteiger partial charge in [0.2, 0.25) is 5.91 Å². The van der Waals surface area contributed by atoms with E-state index >= 15 is 0 Å². The molecule has 0 fully saturated rings. The number of ether oxygens (including phenoxy) is 1. The summed E-state index contributed by atoms with van der Waals surface area (Å²) in [5.41, 5.74) is 2.45. The molecule has 1 heterocycles. The third-order valence-electron chi connectivity index (χ3n) is 4.74. The van der Waals surface area contributed by atoms with Crippen molar-refractivity contribution >= 4 is 46.6 Å². The topological polar surface area (TPSA) is 69.0 Å². The third-order valence-corrected chi connectivity index (χ3v) is 6.35. The maximum Gasteiger partial charge on any atom is 0.234 e. The van der Waals surface area contributed by atoms with Crippen molar-refractivity contribution in [2.24, 2.45) is 0 Å². The van der Waals surface area contributed by atoms with E-state index in [1.807, 2.05) is 43.5 Å². The highest BCUT2D eigenvalue weighted by Crippen LogP contribution is 2.29. The Morgan fingerprint density at radius 1 is 1.28 bits per heavy atom. The van der Waals surface area contributed by atoms with Gasteiger partial charge in [-0.25, -0.2) is 0 Å². The van der Waals surface area contributed by atoms with Crippen molar-refractivity contribution in [2.45, 2.75) is 38.6 Å². The second-order valence-electron chi connectivity index (χ2n) is 7.16. The predicted molar refractivity (Wildman–Crippen MR) is 131 cm³/mol. The molecule has 0 aliphatic rings. The Labute approximate surface area is 202 Å². The standard InChI is InChI=1S/C23H24Cl2N4O2S/c1-5-11-29-22(16(4)31-20-10-9-17(24)12-14(20)2)27-28-23(29)32-13-21(30)26-19-8-6-7-18(25)15(19)3/h5-10,12,16H,1,11,13H2,2-4H3,(H,26,30). The average molecular weight is 491 g/mol. The van der Waals surface area contributed by atoms with Crippen LogP contribution in [0.1, 0.15) is 30.0 Å². The first-order chi connectivity index (χ1) is 15.3. The normalized spacial score (nSPS) is 11.8. The summed E-state index contributed by atoms with van der Waals surface area (Å²) in [7, 11) is 0. The van der Waals surface area contributed by atoms with Crippen LogP contribution in [0.2, 0.25) is 10.0 Å². The second kappa shape index (κ2) is 10.9. The summed E-state index contributed by atoms with van der Waals surface area (Å²) in [4.78, 5) is 12.5. The molecular weight excluding hydrogens is 467 g/mol. The minimum atomic E-state index is -0.361. The molecule has 0 bridgehead atoms. The van der Waals surface area contributed by atoms with Crippen LogP contribution in [0.3, 0.4) is 0 Å². The number of hydrogen-bond acceptors (Lipinski definition) is 5. The molecular formula is C23H24Cl2N4O2S. The highest BCUT2D eigenvalue weighted by atomic mass is 35.5. The molecule has 1 N–H and O–H groups in total. The van der Waals surface area contributed by atoms with Crippen LogP contribution < -0.4 is 10.1 Å². The molecule has 0 saturated heterocycles. The van der Waals surface area contributed by atoms with E-state index in [0.29, 0.717) is 33.3 Å². The van der Waals surface area contributed by atoms with Crippen molar-refractivity contribution in [1.29, 1.82) is 0 Å². The number of aryl methyl sites for hydroxylation is 1. The van der Waals surface area contributed by atoms with Crippen LogP contribution >= 0.6 is 35.0 Å². The van der Waals surface area contributed by atoms with E-state index in [2.05, 4.69) is 22.1 Å². The molecule has 2 aromatic carbocycles. The molecule has 1 aromatic heterocycles. The highest BCUT2D eigenvalue weighted by molar-refractivity contribution is 7.99. The van der Waals surface area contributed by atoms with Crippen LogP contribution in [0.25, 0.3) is 0 Å². The Hall–Kier alpha value is -2.48. The zero-order valence-electron chi connectivity index (χ0n) is 18.1. The van der Waals surface area contributed by atoms with E-state index in [-0.39, 0.29) is 17.8 Å². The van der Waals surface area contributed by atoms with E-state index in [9.17, 15) is 4.79 Å². The lowest BCUT2D eigenvalue weighted by molar-refractivity contribution is -0.113. The number of carbonyl (C=O) groups is 1. The lowest BCUT2D eigenvalue weighted by atomic mass is 10.2. The number of thioether (sulfide) groups is 1. The largest absolute Gasteiger partial charge is 0.482 e. The number of nitrogens with zero attached hydrogens (tertiary/aromatic N) is 3. The smallest absolute Gasteiger partial charge is 0.234 e. The Morgan fingerprint density at radius 3 is 2.78 bits per heavy atom. The molecule has 3 aromatic rings. The summed E-state index contributed by atoms with van der Waals surface area (Å²) in [6.45, 7) is 10.0. The second-order valence-corrected chi connectivity index (χ2v) is 8.95. The van der Waals surface area contributed by atoms with E-state index < -0.39 is 0 Å². The lowest BCUT2D eigenvalue weighted by Gasteiger charge is -2.17. The monoisotopic (exact) mass is 490 g/mol. The maximum atomic E-state index is 12.5. The first-order valence-corrected chi connectivity index (χ1v) is 11.7. The SMILES string of the molecule is C=CCn1c(SCC(=O)Nc2cccc(Cl)c2C)nnc1C(C)Oc1ccc(Cl)cc1C. The molecule has 32 heavy (non-hydrogen) atoms. The van der Waals surface area contributed by atoms with Gasteiger partial charge in [-0.2, -0.15) is 0 Å². The van der Waals surface area contributed by atoms with Crippen LogP contribution in [0.15, 0.2) is 54.2 Å². The van der Waals surface area contributed by atoms with Gasteiger partial charge >= 0.3 is 0 Å². The molecule has 1 atom stereocenters. The Kier molecular flexibility index (Phi) is 8.23. The first kappa shape index (κ1) is 24.2. The van der Waals surface area contributed by atoms with Gasteiger partial charge in [0.05, 0.1) is 5.75 Å². The molecule has 0 radical (unpaired) electrons. The van der Waals surface area contributed by atoms with Gasteiger partial charge in [-0.05, 0) is 62.2 Å². The molecule has 168 valence electrons. The molecule has 0 aliphatic heterocycles. The minimum Gasteiger partial charge on any atom is -0.482 e. The molecule has 1 unspecified atom stereocenters. The number of amides is 1. The van der Waals surface area contributed by atoms with Gasteiger partial charge in [0.1, 0.15) is 5.75 Å². The highest BCUT2D eigenvalue weighted by Gasteiger charge is 2.20. The number of carbonyl (C=O) groups excluding carboxylic acids is 1. The van der Waals surface area contributed by atoms with Crippen LogP contribution in [0.5, 0.6) is 5.75 Å².